The predicted molar refractivity (Wildman–Crippen MR) is 299 cm³/mol. The monoisotopic (exact) mass is 1140 g/mol. The number of imidazole rings is 2. The Bertz CT molecular complexity index is 3400. The SMILES string of the molecule is CCn1nc(C)cc1C(=O)Nc1nc2cc(C(N)=O)cc(OC)c2n1C/C=C/Cn1c(NC(=O)c2cc(C)nn2CC)nc2cc(C=O)cc(OCCCN(C)C(=O)CNC(=O)CCN3C(=O)CC(SCC(N)C(=O)O)C3=O)c21.CN. The van der Waals surface area contributed by atoms with Gasteiger partial charge in [0.1, 0.15) is 46.2 Å². The number of carbonyl (C=O) groups is 9. The van der Waals surface area contributed by atoms with Crippen LogP contribution in [0.15, 0.2) is 48.6 Å². The number of likely N-dealkylation sites (tertiary alicyclic amines) is 1. The van der Waals surface area contributed by atoms with Crippen LogP contribution in [0, 0.1) is 13.8 Å². The van der Waals surface area contributed by atoms with Gasteiger partial charge in [-0.1, -0.05) is 12.2 Å². The minimum atomic E-state index is -1.23. The first-order chi connectivity index (χ1) is 38.7. The number of thioether (sulfide) groups is 1. The smallest absolute Gasteiger partial charge is 0.321 e. The van der Waals surface area contributed by atoms with Crippen LogP contribution in [0.1, 0.15) is 86.2 Å². The number of rotatable bonds is 27. The molecule has 81 heavy (non-hydrogen) atoms. The molecule has 28 nitrogen and oxygen atoms in total. The van der Waals surface area contributed by atoms with Gasteiger partial charge < -0.3 is 51.1 Å². The van der Waals surface area contributed by atoms with Crippen LogP contribution in [0.5, 0.6) is 11.5 Å². The standard InChI is InChI=1S/C51H61N15O12S.CH5N/c1-7-65-35(18-28(3)59-65)46(72)57-50-55-33-20-30(26-67)21-38(78-17-11-13-61(5)42(70)25-54-40(68)12-16-62-41(69)24-39(48(62)74)79-27-32(52)49(75)76)44(33)64(50)15-10-9-14-63-43-34(22-31(45(53)71)23-37(43)77-6)56-51(63)58-47(73)36-19-29(4)60-66(36)8-2;1-2/h9-10,18-23,26,32,39H,7-8,11-17,24-25,27,52H2,1-6H3,(H2,53,71)(H,54,68)(H,75,76)(H,55,57,72)(H,56,58,73);2H2,1H3/b10-9+;. The zero-order chi connectivity index (χ0) is 59.2. The van der Waals surface area contributed by atoms with Gasteiger partial charge in [-0.2, -0.15) is 10.2 Å². The van der Waals surface area contributed by atoms with Crippen LogP contribution in [0.2, 0.25) is 0 Å². The minimum absolute atomic E-state index is 0.0403. The highest BCUT2D eigenvalue weighted by atomic mass is 32.2. The first-order valence-corrected chi connectivity index (χ1v) is 26.7. The number of aromatic nitrogens is 8. The average molecular weight is 1140 g/mol. The molecule has 5 heterocycles. The number of allylic oxidation sites excluding steroid dienone is 2. The number of likely N-dealkylation sites (N-methyl/N-ethyl adjacent to an activating group) is 1. The van der Waals surface area contributed by atoms with Crippen molar-refractivity contribution in [3.8, 4) is 11.5 Å². The van der Waals surface area contributed by atoms with E-state index < -0.39 is 58.6 Å². The highest BCUT2D eigenvalue weighted by Crippen LogP contribution is 2.33. The molecule has 0 aliphatic carbocycles. The molecule has 29 heteroatoms. The molecule has 7 amide bonds. The van der Waals surface area contributed by atoms with Crippen LogP contribution in [0.25, 0.3) is 22.1 Å². The number of nitrogens with one attached hydrogen (secondary N) is 3. The summed E-state index contributed by atoms with van der Waals surface area (Å²) in [6.45, 7) is 7.90. The van der Waals surface area contributed by atoms with Gasteiger partial charge in [0.05, 0.1) is 47.9 Å². The number of carbonyl (C=O) groups excluding carboxylic acids is 8. The number of methoxy groups -OCH3 is 1. The van der Waals surface area contributed by atoms with E-state index >= 15 is 0 Å². The topological polar surface area (TPSA) is 384 Å². The van der Waals surface area contributed by atoms with Crippen molar-refractivity contribution in [3.63, 3.8) is 0 Å². The molecule has 1 aliphatic heterocycles. The summed E-state index contributed by atoms with van der Waals surface area (Å²) in [6.07, 6.45) is 4.10. The van der Waals surface area contributed by atoms with E-state index in [1.807, 2.05) is 13.8 Å². The number of aliphatic carboxylic acids is 1. The van der Waals surface area contributed by atoms with Gasteiger partial charge in [-0.3, -0.25) is 68.0 Å². The normalized spacial score (nSPS) is 13.5. The van der Waals surface area contributed by atoms with Gasteiger partial charge in [-0.05, 0) is 77.6 Å². The number of carboxylic acid groups (broad SMARTS) is 1. The molecule has 6 aromatic rings. The number of aldehydes is 1. The van der Waals surface area contributed by atoms with E-state index in [2.05, 4.69) is 36.9 Å². The lowest BCUT2D eigenvalue weighted by atomic mass is 10.1. The number of hydrogen-bond donors (Lipinski definition) is 7. The van der Waals surface area contributed by atoms with Gasteiger partial charge in [0, 0.05) is 76.0 Å². The van der Waals surface area contributed by atoms with Crippen LogP contribution in [-0.2, 0) is 50.2 Å². The molecule has 1 aliphatic rings. The molecule has 0 radical (unpaired) electrons. The maximum Gasteiger partial charge on any atom is 0.321 e. The maximum atomic E-state index is 13.9. The van der Waals surface area contributed by atoms with E-state index in [-0.39, 0.29) is 98.1 Å². The number of aryl methyl sites for hydroxylation is 4. The highest BCUT2D eigenvalue weighted by Gasteiger charge is 2.39. The zero-order valence-corrected chi connectivity index (χ0v) is 46.7. The van der Waals surface area contributed by atoms with Crippen molar-refractivity contribution in [1.29, 1.82) is 0 Å². The van der Waals surface area contributed by atoms with Gasteiger partial charge >= 0.3 is 5.97 Å². The summed E-state index contributed by atoms with van der Waals surface area (Å²) >= 11 is 0.968. The van der Waals surface area contributed by atoms with Gasteiger partial charge in [-0.25, -0.2) is 9.97 Å². The average Bonchev–Trinajstić information content (AvgIpc) is 4.47. The summed E-state index contributed by atoms with van der Waals surface area (Å²) in [5, 5.41) is 25.3. The van der Waals surface area contributed by atoms with E-state index in [0.717, 1.165) is 16.7 Å². The van der Waals surface area contributed by atoms with Crippen molar-refractivity contribution in [1.82, 2.24) is 53.8 Å². The van der Waals surface area contributed by atoms with Crippen LogP contribution < -0.4 is 42.6 Å². The molecule has 0 spiro atoms. The van der Waals surface area contributed by atoms with E-state index in [0.29, 0.717) is 64.9 Å². The second-order valence-corrected chi connectivity index (χ2v) is 19.5. The Kier molecular flexibility index (Phi) is 21.0. The molecule has 2 aromatic carbocycles. The molecule has 1 fully saturated rings. The molecule has 432 valence electrons. The Morgan fingerprint density at radius 1 is 0.864 bits per heavy atom. The van der Waals surface area contributed by atoms with E-state index in [1.165, 1.54) is 37.3 Å². The summed E-state index contributed by atoms with van der Waals surface area (Å²) in [7, 11) is 4.47. The molecule has 2 unspecified atom stereocenters. The number of amides is 7. The van der Waals surface area contributed by atoms with Crippen LogP contribution in [0.3, 0.4) is 0 Å². The van der Waals surface area contributed by atoms with Crippen molar-refractivity contribution in [2.75, 3.05) is 63.8 Å². The fourth-order valence-electron chi connectivity index (χ4n) is 8.66. The maximum absolute atomic E-state index is 13.9. The molecular weight excluding hydrogens is 1070 g/mol. The summed E-state index contributed by atoms with van der Waals surface area (Å²) in [5.74, 6) is -4.29. The molecule has 7 rings (SSSR count). The number of fused-ring (bicyclic) bond motifs is 2. The van der Waals surface area contributed by atoms with Crippen molar-refractivity contribution in [2.24, 2.45) is 17.2 Å². The summed E-state index contributed by atoms with van der Waals surface area (Å²) in [4.78, 5) is 126. The largest absolute Gasteiger partial charge is 0.494 e. The lowest BCUT2D eigenvalue weighted by molar-refractivity contribution is -0.140. The number of carboxylic acids is 1. The number of benzene rings is 2. The summed E-state index contributed by atoms with van der Waals surface area (Å²) < 4.78 is 18.5. The van der Waals surface area contributed by atoms with E-state index in [1.54, 1.807) is 69.7 Å². The number of nitrogens with zero attached hydrogens (tertiary/aromatic N) is 10. The lowest BCUT2D eigenvalue weighted by Gasteiger charge is -2.18. The number of primary amides is 1. The third-order valence-corrected chi connectivity index (χ3v) is 14.0. The number of hydrogen-bond acceptors (Lipinski definition) is 18. The second-order valence-electron chi connectivity index (χ2n) is 18.3. The van der Waals surface area contributed by atoms with Crippen molar-refractivity contribution in [3.05, 3.63) is 82.5 Å². The summed E-state index contributed by atoms with van der Waals surface area (Å²) in [6, 6.07) is 8.17. The van der Waals surface area contributed by atoms with Gasteiger partial charge in [-0.15, -0.1) is 11.8 Å². The number of ether oxygens (including phenoxy) is 2. The predicted octanol–water partition coefficient (Wildman–Crippen LogP) is 1.70. The minimum Gasteiger partial charge on any atom is -0.494 e. The van der Waals surface area contributed by atoms with Gasteiger partial charge in [0.2, 0.25) is 41.4 Å². The lowest BCUT2D eigenvalue weighted by Crippen LogP contribution is -2.40. The van der Waals surface area contributed by atoms with Crippen molar-refractivity contribution in [2.45, 2.75) is 84.4 Å². The van der Waals surface area contributed by atoms with Crippen molar-refractivity contribution >= 4 is 99.3 Å². The Hall–Kier alpha value is -8.96. The van der Waals surface area contributed by atoms with Gasteiger partial charge in [0.25, 0.3) is 11.8 Å². The van der Waals surface area contributed by atoms with E-state index in [9.17, 15) is 43.2 Å². The van der Waals surface area contributed by atoms with Gasteiger partial charge in [0.15, 0.2) is 0 Å². The number of anilines is 2. The third kappa shape index (κ3) is 14.6. The molecule has 0 saturated carbocycles. The Labute approximate surface area is 468 Å². The zero-order valence-electron chi connectivity index (χ0n) is 45.9. The Morgan fingerprint density at radius 3 is 1.96 bits per heavy atom. The molecule has 0 bridgehead atoms. The fraction of sp³-hybridized carbons (Fsp3) is 0.404. The van der Waals surface area contributed by atoms with Crippen LogP contribution >= 0.6 is 11.8 Å². The Morgan fingerprint density at radius 2 is 1.43 bits per heavy atom. The molecule has 1 saturated heterocycles. The van der Waals surface area contributed by atoms with Crippen molar-refractivity contribution < 1.29 is 57.7 Å². The number of imide groups is 1. The van der Waals surface area contributed by atoms with Crippen LogP contribution in [0.4, 0.5) is 11.9 Å². The second kappa shape index (κ2) is 27.8. The number of nitrogens with two attached hydrogens (primary N) is 3. The first-order valence-electron chi connectivity index (χ1n) is 25.6. The highest BCUT2D eigenvalue weighted by molar-refractivity contribution is 8.00. The Balaban J connectivity index is 0.00000522. The molecule has 2 atom stereocenters. The first kappa shape index (κ1) is 61.3. The quantitative estimate of drug-likeness (QED) is 0.0167. The van der Waals surface area contributed by atoms with E-state index in [4.69, 9.17) is 31.0 Å². The molecular formula is C52H66N16O12S. The summed E-state index contributed by atoms with van der Waals surface area (Å²) in [5.41, 5.74) is 19.4. The fourth-order valence-corrected chi connectivity index (χ4v) is 9.77. The molecule has 4 aromatic heterocycles. The van der Waals surface area contributed by atoms with Crippen LogP contribution in [-0.4, -0.2) is 172 Å². The third-order valence-electron chi connectivity index (χ3n) is 12.7. The molecule has 10 N–H and O–H groups in total.